The van der Waals surface area contributed by atoms with Crippen LogP contribution in [0.3, 0.4) is 0 Å². The quantitative estimate of drug-likeness (QED) is 0.863. The van der Waals surface area contributed by atoms with E-state index in [1.54, 1.807) is 24.3 Å². The van der Waals surface area contributed by atoms with E-state index in [-0.39, 0.29) is 17.9 Å². The number of carbonyl (C=O) groups is 2. The predicted molar refractivity (Wildman–Crippen MR) is 99.3 cm³/mol. The third-order valence-electron chi connectivity index (χ3n) is 4.51. The molecule has 1 fully saturated rings. The molecule has 3 amide bonds. The largest absolute Gasteiger partial charge is 0.323 e. The SMILES string of the molecule is O=C(Nc1cccc(Cl)c1)Nc1ccc2c(c1)CCN2C(=O)C1CC1. The minimum Gasteiger partial charge on any atom is -0.312 e. The molecule has 0 spiro atoms. The molecule has 1 aliphatic carbocycles. The second-order valence-corrected chi connectivity index (χ2v) is 6.88. The Morgan fingerprint density at radius 3 is 2.52 bits per heavy atom. The maximum atomic E-state index is 12.3. The Morgan fingerprint density at radius 2 is 1.80 bits per heavy atom. The molecule has 0 bridgehead atoms. The van der Waals surface area contributed by atoms with Crippen molar-refractivity contribution in [2.24, 2.45) is 5.92 Å². The average molecular weight is 356 g/mol. The van der Waals surface area contributed by atoms with Gasteiger partial charge in [0.1, 0.15) is 0 Å². The maximum Gasteiger partial charge on any atom is 0.323 e. The lowest BCUT2D eigenvalue weighted by Crippen LogP contribution is -2.30. The topological polar surface area (TPSA) is 61.4 Å². The Kier molecular flexibility index (Phi) is 4.09. The summed E-state index contributed by atoms with van der Waals surface area (Å²) in [5.74, 6) is 0.449. The van der Waals surface area contributed by atoms with Crippen molar-refractivity contribution in [2.45, 2.75) is 19.3 Å². The van der Waals surface area contributed by atoms with E-state index >= 15 is 0 Å². The molecule has 5 nitrogen and oxygen atoms in total. The molecule has 1 aliphatic heterocycles. The molecule has 0 saturated heterocycles. The first kappa shape index (κ1) is 16.0. The fourth-order valence-corrected chi connectivity index (χ4v) is 3.31. The zero-order valence-corrected chi connectivity index (χ0v) is 14.3. The van der Waals surface area contributed by atoms with Crippen LogP contribution in [0.25, 0.3) is 0 Å². The monoisotopic (exact) mass is 355 g/mol. The minimum atomic E-state index is -0.328. The summed E-state index contributed by atoms with van der Waals surface area (Å²) < 4.78 is 0. The number of fused-ring (bicyclic) bond motifs is 1. The van der Waals surface area contributed by atoms with Crippen LogP contribution in [0.2, 0.25) is 5.02 Å². The summed E-state index contributed by atoms with van der Waals surface area (Å²) in [6.07, 6.45) is 2.83. The van der Waals surface area contributed by atoms with Crippen LogP contribution in [0.15, 0.2) is 42.5 Å². The predicted octanol–water partition coefficient (Wildman–Crippen LogP) is 4.28. The molecule has 0 radical (unpaired) electrons. The lowest BCUT2D eigenvalue weighted by Gasteiger charge is -2.17. The molecule has 6 heteroatoms. The lowest BCUT2D eigenvalue weighted by molar-refractivity contribution is -0.119. The molecule has 128 valence electrons. The molecular formula is C19H18ClN3O2. The van der Waals surface area contributed by atoms with Gasteiger partial charge >= 0.3 is 6.03 Å². The van der Waals surface area contributed by atoms with Gasteiger partial charge in [-0.3, -0.25) is 4.79 Å². The van der Waals surface area contributed by atoms with Crippen LogP contribution in [0.1, 0.15) is 18.4 Å². The Labute approximate surface area is 151 Å². The molecule has 2 aliphatic rings. The van der Waals surface area contributed by atoms with E-state index in [0.717, 1.165) is 37.1 Å². The van der Waals surface area contributed by atoms with Gasteiger partial charge in [0.25, 0.3) is 0 Å². The third kappa shape index (κ3) is 3.46. The second kappa shape index (κ2) is 6.41. The van der Waals surface area contributed by atoms with E-state index in [0.29, 0.717) is 16.4 Å². The number of anilines is 3. The number of amides is 3. The minimum absolute atomic E-state index is 0.215. The maximum absolute atomic E-state index is 12.3. The van der Waals surface area contributed by atoms with Crippen molar-refractivity contribution >= 4 is 40.6 Å². The van der Waals surface area contributed by atoms with E-state index < -0.39 is 0 Å². The van der Waals surface area contributed by atoms with E-state index in [1.165, 1.54) is 0 Å². The molecular weight excluding hydrogens is 338 g/mol. The summed E-state index contributed by atoms with van der Waals surface area (Å²) in [7, 11) is 0. The lowest BCUT2D eigenvalue weighted by atomic mass is 10.1. The first-order valence-electron chi connectivity index (χ1n) is 8.38. The Bertz CT molecular complexity index is 848. The molecule has 0 atom stereocenters. The van der Waals surface area contributed by atoms with Gasteiger partial charge in [0.05, 0.1) is 0 Å². The number of rotatable bonds is 3. The van der Waals surface area contributed by atoms with Crippen LogP contribution in [0, 0.1) is 5.92 Å². The number of hydrogen-bond donors (Lipinski definition) is 2. The zero-order valence-electron chi connectivity index (χ0n) is 13.6. The normalized spacial score (nSPS) is 15.6. The summed E-state index contributed by atoms with van der Waals surface area (Å²) >= 11 is 5.91. The van der Waals surface area contributed by atoms with Gasteiger partial charge in [0.2, 0.25) is 5.91 Å². The molecule has 1 heterocycles. The first-order chi connectivity index (χ1) is 12.1. The van der Waals surface area contributed by atoms with Crippen molar-refractivity contribution in [1.29, 1.82) is 0 Å². The van der Waals surface area contributed by atoms with Crippen LogP contribution >= 0.6 is 11.6 Å². The molecule has 2 aromatic carbocycles. The number of carbonyl (C=O) groups excluding carboxylic acids is 2. The summed E-state index contributed by atoms with van der Waals surface area (Å²) in [6.45, 7) is 0.725. The smallest absolute Gasteiger partial charge is 0.312 e. The highest BCUT2D eigenvalue weighted by Crippen LogP contribution is 2.37. The van der Waals surface area contributed by atoms with E-state index in [9.17, 15) is 9.59 Å². The van der Waals surface area contributed by atoms with Crippen molar-refractivity contribution < 1.29 is 9.59 Å². The van der Waals surface area contributed by atoms with Crippen LogP contribution < -0.4 is 15.5 Å². The van der Waals surface area contributed by atoms with Crippen molar-refractivity contribution in [3.8, 4) is 0 Å². The standard InChI is InChI=1S/C19H18ClN3O2/c20-14-2-1-3-15(11-14)21-19(25)22-16-6-7-17-13(10-16)8-9-23(17)18(24)12-4-5-12/h1-3,6-7,10-12H,4-5,8-9H2,(H2,21,22,25). The summed E-state index contributed by atoms with van der Waals surface area (Å²) in [5, 5.41) is 6.14. The fourth-order valence-electron chi connectivity index (χ4n) is 3.12. The molecule has 4 rings (SSSR count). The molecule has 1 saturated carbocycles. The van der Waals surface area contributed by atoms with Gasteiger partial charge in [0, 0.05) is 34.5 Å². The van der Waals surface area contributed by atoms with Gasteiger partial charge in [-0.15, -0.1) is 0 Å². The fraction of sp³-hybridized carbons (Fsp3) is 0.263. The number of benzene rings is 2. The van der Waals surface area contributed by atoms with Crippen molar-refractivity contribution in [1.82, 2.24) is 0 Å². The van der Waals surface area contributed by atoms with Crippen LogP contribution in [0.5, 0.6) is 0 Å². The highest BCUT2D eigenvalue weighted by molar-refractivity contribution is 6.30. The summed E-state index contributed by atoms with van der Waals surface area (Å²) in [6, 6.07) is 12.3. The van der Waals surface area contributed by atoms with E-state index in [4.69, 9.17) is 11.6 Å². The molecule has 0 aromatic heterocycles. The molecule has 25 heavy (non-hydrogen) atoms. The number of urea groups is 1. The summed E-state index contributed by atoms with van der Waals surface area (Å²) in [4.78, 5) is 26.3. The molecule has 2 N–H and O–H groups in total. The Hall–Kier alpha value is -2.53. The highest BCUT2D eigenvalue weighted by Gasteiger charge is 2.36. The van der Waals surface area contributed by atoms with Gasteiger partial charge in [-0.2, -0.15) is 0 Å². The van der Waals surface area contributed by atoms with Crippen LogP contribution in [0.4, 0.5) is 21.9 Å². The van der Waals surface area contributed by atoms with E-state index in [1.807, 2.05) is 23.1 Å². The molecule has 2 aromatic rings. The van der Waals surface area contributed by atoms with Crippen molar-refractivity contribution in [3.05, 3.63) is 53.1 Å². The highest BCUT2D eigenvalue weighted by atomic mass is 35.5. The zero-order chi connectivity index (χ0) is 17.4. The van der Waals surface area contributed by atoms with Crippen molar-refractivity contribution in [3.63, 3.8) is 0 Å². The molecule has 0 unspecified atom stereocenters. The summed E-state index contributed by atoms with van der Waals surface area (Å²) in [5.41, 5.74) is 3.40. The van der Waals surface area contributed by atoms with Gasteiger partial charge < -0.3 is 15.5 Å². The Morgan fingerprint density at radius 1 is 1.04 bits per heavy atom. The van der Waals surface area contributed by atoms with Gasteiger partial charge in [-0.1, -0.05) is 17.7 Å². The van der Waals surface area contributed by atoms with Gasteiger partial charge in [-0.05, 0) is 61.2 Å². The average Bonchev–Trinajstić information content (AvgIpc) is 3.34. The van der Waals surface area contributed by atoms with Crippen molar-refractivity contribution in [2.75, 3.05) is 22.1 Å². The second-order valence-electron chi connectivity index (χ2n) is 6.45. The van der Waals surface area contributed by atoms with Crippen LogP contribution in [-0.4, -0.2) is 18.5 Å². The van der Waals surface area contributed by atoms with Crippen LogP contribution in [-0.2, 0) is 11.2 Å². The van der Waals surface area contributed by atoms with Gasteiger partial charge in [0.15, 0.2) is 0 Å². The number of halogens is 1. The van der Waals surface area contributed by atoms with Gasteiger partial charge in [-0.25, -0.2) is 4.79 Å². The van der Waals surface area contributed by atoms with E-state index in [2.05, 4.69) is 10.6 Å². The number of hydrogen-bond acceptors (Lipinski definition) is 2. The first-order valence-corrected chi connectivity index (χ1v) is 8.76. The number of nitrogens with one attached hydrogen (secondary N) is 2. The Balaban J connectivity index is 1.44. The number of nitrogens with zero attached hydrogens (tertiary/aromatic N) is 1. The third-order valence-corrected chi connectivity index (χ3v) is 4.74.